The van der Waals surface area contributed by atoms with Gasteiger partial charge in [0.1, 0.15) is 6.33 Å². The van der Waals surface area contributed by atoms with Gasteiger partial charge >= 0.3 is 0 Å². The summed E-state index contributed by atoms with van der Waals surface area (Å²) >= 11 is 12.2. The van der Waals surface area contributed by atoms with Crippen LogP contribution in [0, 0.1) is 6.92 Å². The lowest BCUT2D eigenvalue weighted by Crippen LogP contribution is -2.23. The van der Waals surface area contributed by atoms with E-state index in [1.807, 2.05) is 55.6 Å². The number of H-pyrrole nitrogens is 1. The second kappa shape index (κ2) is 7.93. The van der Waals surface area contributed by atoms with Gasteiger partial charge in [0.15, 0.2) is 16.8 Å². The summed E-state index contributed by atoms with van der Waals surface area (Å²) in [7, 11) is 0. The van der Waals surface area contributed by atoms with E-state index in [1.165, 1.54) is 6.33 Å². The van der Waals surface area contributed by atoms with Crippen LogP contribution in [-0.4, -0.2) is 34.3 Å². The normalized spacial score (nSPS) is 11.7. The molecule has 168 valence electrons. The number of aromatic amines is 1. The Morgan fingerprint density at radius 3 is 2.62 bits per heavy atom. The number of halogens is 2. The summed E-state index contributed by atoms with van der Waals surface area (Å²) < 4.78 is 3.12. The first-order valence-corrected chi connectivity index (χ1v) is 11.4. The molecule has 0 aliphatic carbocycles. The third-order valence-corrected chi connectivity index (χ3v) is 6.45. The van der Waals surface area contributed by atoms with Crippen LogP contribution in [0.25, 0.3) is 38.8 Å². The van der Waals surface area contributed by atoms with E-state index in [0.29, 0.717) is 34.3 Å². The first kappa shape index (κ1) is 20.8. The smallest absolute Gasteiger partial charge is 0.283 e. The van der Waals surface area contributed by atoms with Gasteiger partial charge in [-0.1, -0.05) is 35.3 Å². The summed E-state index contributed by atoms with van der Waals surface area (Å²) in [5.41, 5.74) is 5.38. The van der Waals surface area contributed by atoms with Gasteiger partial charge in [-0.25, -0.2) is 4.98 Å². The van der Waals surface area contributed by atoms with Crippen LogP contribution in [0.15, 0.2) is 59.8 Å². The third kappa shape index (κ3) is 3.34. The van der Waals surface area contributed by atoms with Crippen LogP contribution >= 0.6 is 23.2 Å². The molecule has 8 nitrogen and oxygen atoms in total. The van der Waals surface area contributed by atoms with Crippen LogP contribution in [0.5, 0.6) is 0 Å². The Bertz CT molecular complexity index is 1770. The zero-order valence-electron chi connectivity index (χ0n) is 18.0. The number of nitrogens with one attached hydrogen (secondary N) is 1. The summed E-state index contributed by atoms with van der Waals surface area (Å²) in [5.74, 6) is 0. The highest BCUT2D eigenvalue weighted by atomic mass is 35.5. The molecular formula is C24H17Cl2N7O. The molecule has 4 heterocycles. The van der Waals surface area contributed by atoms with E-state index < -0.39 is 0 Å². The minimum absolute atomic E-state index is 0.169. The monoisotopic (exact) mass is 489 g/mol. The molecule has 4 aromatic heterocycles. The van der Waals surface area contributed by atoms with Crippen molar-refractivity contribution >= 4 is 50.9 Å². The van der Waals surface area contributed by atoms with Gasteiger partial charge in [-0.2, -0.15) is 9.61 Å². The van der Waals surface area contributed by atoms with E-state index in [9.17, 15) is 4.79 Å². The Morgan fingerprint density at radius 2 is 1.79 bits per heavy atom. The molecule has 0 aliphatic rings. The number of nitrogens with zero attached hydrogens (tertiary/aromatic N) is 6. The van der Waals surface area contributed by atoms with Crippen molar-refractivity contribution in [2.75, 3.05) is 0 Å². The number of hydrogen-bond acceptors (Lipinski definition) is 5. The molecule has 34 heavy (non-hydrogen) atoms. The first-order chi connectivity index (χ1) is 16.5. The molecule has 0 saturated carbocycles. The minimum Gasteiger partial charge on any atom is -0.361 e. The Hall–Kier alpha value is -3.75. The maximum absolute atomic E-state index is 13.2. The molecule has 0 unspecified atom stereocenters. The number of hydrogen-bond donors (Lipinski definition) is 1. The molecule has 6 aromatic rings. The number of fused-ring (bicyclic) bond motifs is 4. The number of aromatic nitrogens is 7. The highest BCUT2D eigenvalue weighted by Gasteiger charge is 2.18. The first-order valence-electron chi connectivity index (χ1n) is 10.6. The van der Waals surface area contributed by atoms with Crippen molar-refractivity contribution in [3.63, 3.8) is 0 Å². The summed E-state index contributed by atoms with van der Waals surface area (Å²) in [6.45, 7) is 2.33. The molecule has 6 rings (SSSR count). The molecule has 0 saturated heterocycles. The van der Waals surface area contributed by atoms with Crippen LogP contribution in [0.4, 0.5) is 0 Å². The van der Waals surface area contributed by atoms with Crippen molar-refractivity contribution in [3.8, 4) is 11.1 Å². The number of rotatable bonds is 4. The van der Waals surface area contributed by atoms with Gasteiger partial charge in [0.25, 0.3) is 5.56 Å². The van der Waals surface area contributed by atoms with E-state index in [4.69, 9.17) is 23.2 Å². The quantitative estimate of drug-likeness (QED) is 0.382. The third-order valence-electron chi connectivity index (χ3n) is 5.96. The Morgan fingerprint density at radius 1 is 1.00 bits per heavy atom. The van der Waals surface area contributed by atoms with Crippen molar-refractivity contribution in [2.24, 2.45) is 0 Å². The highest BCUT2D eigenvalue weighted by molar-refractivity contribution is 6.31. The predicted octanol–water partition coefficient (Wildman–Crippen LogP) is 4.84. The molecule has 10 heteroatoms. The highest BCUT2D eigenvalue weighted by Crippen LogP contribution is 2.29. The summed E-state index contributed by atoms with van der Waals surface area (Å²) in [6, 6.07) is 13.1. The van der Waals surface area contributed by atoms with Gasteiger partial charge in [-0.3, -0.25) is 9.36 Å². The average Bonchev–Trinajstić information content (AvgIpc) is 3.39. The average molecular weight is 490 g/mol. The summed E-state index contributed by atoms with van der Waals surface area (Å²) in [6.07, 6.45) is 4.10. The fourth-order valence-electron chi connectivity index (χ4n) is 4.28. The van der Waals surface area contributed by atoms with E-state index >= 15 is 0 Å². The van der Waals surface area contributed by atoms with Gasteiger partial charge in [-0.15, -0.1) is 10.2 Å². The fourth-order valence-corrected chi connectivity index (χ4v) is 4.57. The second-order valence-electron chi connectivity index (χ2n) is 8.07. The minimum atomic E-state index is -0.265. The SMILES string of the molecule is Cc1nn2c(nnc3c(=O)n(CCc4c[nH]c5ccc(Cl)cc45)cnc32)c1-c1ccc(Cl)cc1. The molecule has 0 amide bonds. The Balaban J connectivity index is 1.39. The zero-order chi connectivity index (χ0) is 23.4. The van der Waals surface area contributed by atoms with Crippen LogP contribution in [-0.2, 0) is 13.0 Å². The fraction of sp³-hybridized carbons (Fsp3) is 0.125. The van der Waals surface area contributed by atoms with Gasteiger partial charge in [-0.05, 0) is 54.8 Å². The second-order valence-corrected chi connectivity index (χ2v) is 8.94. The molecule has 2 aromatic carbocycles. The molecular weight excluding hydrogens is 473 g/mol. The van der Waals surface area contributed by atoms with E-state index in [0.717, 1.165) is 33.3 Å². The van der Waals surface area contributed by atoms with E-state index in [1.54, 1.807) is 9.08 Å². The van der Waals surface area contributed by atoms with Gasteiger partial charge in [0.2, 0.25) is 0 Å². The maximum atomic E-state index is 13.2. The molecule has 0 radical (unpaired) electrons. The molecule has 0 spiro atoms. The van der Waals surface area contributed by atoms with Crippen LogP contribution in [0.2, 0.25) is 10.0 Å². The largest absolute Gasteiger partial charge is 0.361 e. The molecule has 0 fully saturated rings. The zero-order valence-corrected chi connectivity index (χ0v) is 19.5. The van der Waals surface area contributed by atoms with Crippen molar-refractivity contribution in [1.82, 2.24) is 34.3 Å². The number of benzene rings is 2. The molecule has 0 atom stereocenters. The van der Waals surface area contributed by atoms with Crippen LogP contribution in [0.3, 0.4) is 0 Å². The van der Waals surface area contributed by atoms with Crippen molar-refractivity contribution < 1.29 is 0 Å². The lowest BCUT2D eigenvalue weighted by Gasteiger charge is -2.07. The van der Waals surface area contributed by atoms with Crippen molar-refractivity contribution in [1.29, 1.82) is 0 Å². The molecule has 0 aliphatic heterocycles. The van der Waals surface area contributed by atoms with Gasteiger partial charge in [0, 0.05) is 33.7 Å². The van der Waals surface area contributed by atoms with Crippen molar-refractivity contribution in [2.45, 2.75) is 19.9 Å². The van der Waals surface area contributed by atoms with Crippen LogP contribution in [0.1, 0.15) is 11.3 Å². The molecule has 1 N–H and O–H groups in total. The van der Waals surface area contributed by atoms with E-state index in [-0.39, 0.29) is 11.1 Å². The lowest BCUT2D eigenvalue weighted by molar-refractivity contribution is 0.659. The number of aryl methyl sites for hydroxylation is 3. The standard InChI is InChI=1S/C24H17Cl2N7O/c1-13-20(14-2-4-16(25)5-3-14)22-30-29-21-23(33(22)31-13)28-12-32(24(21)34)9-8-15-11-27-19-7-6-17(26)10-18(15)19/h2-7,10-12,27H,8-9H2,1H3. The van der Waals surface area contributed by atoms with Crippen molar-refractivity contribution in [3.05, 3.63) is 86.6 Å². The summed E-state index contributed by atoms with van der Waals surface area (Å²) in [4.78, 5) is 20.9. The van der Waals surface area contributed by atoms with Crippen LogP contribution < -0.4 is 5.56 Å². The summed E-state index contributed by atoms with van der Waals surface area (Å²) in [5, 5.41) is 15.5. The van der Waals surface area contributed by atoms with Gasteiger partial charge < -0.3 is 4.98 Å². The van der Waals surface area contributed by atoms with Gasteiger partial charge in [0.05, 0.1) is 11.3 Å². The maximum Gasteiger partial charge on any atom is 0.283 e. The topological polar surface area (TPSA) is 93.8 Å². The Kier molecular flexibility index (Phi) is 4.86. The Labute approximate surface area is 202 Å². The van der Waals surface area contributed by atoms with E-state index in [2.05, 4.69) is 25.3 Å². The lowest BCUT2D eigenvalue weighted by atomic mass is 10.1. The predicted molar refractivity (Wildman–Crippen MR) is 133 cm³/mol. The molecule has 0 bridgehead atoms.